The van der Waals surface area contributed by atoms with Crippen molar-refractivity contribution in [3.63, 3.8) is 0 Å². The van der Waals surface area contributed by atoms with Crippen LogP contribution in [0.1, 0.15) is 40.5 Å². The van der Waals surface area contributed by atoms with Crippen LogP contribution in [0.2, 0.25) is 0 Å². The van der Waals surface area contributed by atoms with E-state index in [1.54, 1.807) is 27.9 Å². The zero-order valence-corrected chi connectivity index (χ0v) is 12.7. The Labute approximate surface area is 115 Å². The molecule has 0 saturated carbocycles. The van der Waals surface area contributed by atoms with Crippen molar-refractivity contribution in [3.05, 3.63) is 0 Å². The molecule has 0 N–H and O–H groups in total. The predicted octanol–water partition coefficient (Wildman–Crippen LogP) is 2.18. The van der Waals surface area contributed by atoms with Crippen LogP contribution in [0.25, 0.3) is 0 Å². The number of carbonyl (C=O) groups excluding carboxylic acids is 2. The van der Waals surface area contributed by atoms with Gasteiger partial charge in [-0.2, -0.15) is 0 Å². The molecular formula is C14H26O5. The maximum Gasteiger partial charge on any atom is 0.323 e. The van der Waals surface area contributed by atoms with Gasteiger partial charge in [0, 0.05) is 13.7 Å². The molecule has 19 heavy (non-hydrogen) atoms. The largest absolute Gasteiger partial charge is 0.465 e. The standard InChI is InChI=1S/C14H26O5/c1-6-14(12(15)18-7-2,13(16)19-8-3)11(4)9-10-17-5/h11H,6-10H2,1-5H3. The van der Waals surface area contributed by atoms with Crippen LogP contribution in [0.15, 0.2) is 0 Å². The fourth-order valence-electron chi connectivity index (χ4n) is 2.18. The van der Waals surface area contributed by atoms with Gasteiger partial charge in [-0.25, -0.2) is 0 Å². The molecule has 0 bridgehead atoms. The third-order valence-electron chi connectivity index (χ3n) is 3.43. The monoisotopic (exact) mass is 274 g/mol. The minimum absolute atomic E-state index is 0.199. The van der Waals surface area contributed by atoms with Crippen LogP contribution in [0.5, 0.6) is 0 Å². The van der Waals surface area contributed by atoms with Gasteiger partial charge in [0.05, 0.1) is 13.2 Å². The molecule has 0 radical (unpaired) electrons. The number of carbonyl (C=O) groups is 2. The van der Waals surface area contributed by atoms with Gasteiger partial charge in [0.25, 0.3) is 0 Å². The second-order valence-electron chi connectivity index (χ2n) is 4.45. The summed E-state index contributed by atoms with van der Waals surface area (Å²) in [5.41, 5.74) is -1.23. The molecule has 1 unspecified atom stereocenters. The van der Waals surface area contributed by atoms with Gasteiger partial charge in [-0.05, 0) is 32.6 Å². The number of hydrogen-bond donors (Lipinski definition) is 0. The molecule has 5 nitrogen and oxygen atoms in total. The van der Waals surface area contributed by atoms with Gasteiger partial charge in [0.15, 0.2) is 5.41 Å². The lowest BCUT2D eigenvalue weighted by molar-refractivity contribution is -0.177. The summed E-state index contributed by atoms with van der Waals surface area (Å²) < 4.78 is 15.2. The molecule has 0 aliphatic carbocycles. The first kappa shape index (κ1) is 17.9. The summed E-state index contributed by atoms with van der Waals surface area (Å²) in [4.78, 5) is 24.5. The van der Waals surface area contributed by atoms with Crippen LogP contribution in [-0.2, 0) is 23.8 Å². The van der Waals surface area contributed by atoms with Gasteiger partial charge in [0.1, 0.15) is 0 Å². The summed E-state index contributed by atoms with van der Waals surface area (Å²) in [5, 5.41) is 0. The van der Waals surface area contributed by atoms with E-state index < -0.39 is 17.4 Å². The molecule has 0 aromatic heterocycles. The number of hydrogen-bond acceptors (Lipinski definition) is 5. The van der Waals surface area contributed by atoms with Crippen molar-refractivity contribution < 1.29 is 23.8 Å². The predicted molar refractivity (Wildman–Crippen MR) is 71.6 cm³/mol. The van der Waals surface area contributed by atoms with Crippen molar-refractivity contribution in [2.24, 2.45) is 11.3 Å². The highest BCUT2D eigenvalue weighted by atomic mass is 16.6. The van der Waals surface area contributed by atoms with Gasteiger partial charge in [-0.3, -0.25) is 9.59 Å². The summed E-state index contributed by atoms with van der Waals surface area (Å²) in [6.45, 7) is 8.09. The number of methoxy groups -OCH3 is 1. The molecule has 0 amide bonds. The Morgan fingerprint density at radius 1 is 1.05 bits per heavy atom. The fraction of sp³-hybridized carbons (Fsp3) is 0.857. The van der Waals surface area contributed by atoms with Gasteiger partial charge in [0.2, 0.25) is 0 Å². The molecule has 0 aliphatic heterocycles. The van der Waals surface area contributed by atoms with Gasteiger partial charge in [-0.1, -0.05) is 13.8 Å². The molecule has 0 heterocycles. The van der Waals surface area contributed by atoms with Crippen LogP contribution >= 0.6 is 0 Å². The van der Waals surface area contributed by atoms with Crippen molar-refractivity contribution in [1.29, 1.82) is 0 Å². The lowest BCUT2D eigenvalue weighted by Gasteiger charge is -2.33. The molecule has 112 valence electrons. The molecule has 1 atom stereocenters. The smallest absolute Gasteiger partial charge is 0.323 e. The maximum absolute atomic E-state index is 12.3. The fourth-order valence-corrected chi connectivity index (χ4v) is 2.18. The zero-order chi connectivity index (χ0) is 14.9. The molecule has 0 aromatic rings. The average Bonchev–Trinajstić information content (AvgIpc) is 2.38. The van der Waals surface area contributed by atoms with E-state index in [0.717, 1.165) is 0 Å². The first-order valence-electron chi connectivity index (χ1n) is 6.84. The van der Waals surface area contributed by atoms with E-state index in [0.29, 0.717) is 19.4 Å². The van der Waals surface area contributed by atoms with Crippen molar-refractivity contribution in [2.45, 2.75) is 40.5 Å². The Bertz CT molecular complexity index is 270. The van der Waals surface area contributed by atoms with Crippen LogP contribution in [0, 0.1) is 11.3 Å². The minimum atomic E-state index is -1.23. The lowest BCUT2D eigenvalue weighted by atomic mass is 9.72. The molecular weight excluding hydrogens is 248 g/mol. The number of esters is 2. The van der Waals surface area contributed by atoms with Crippen molar-refractivity contribution in [2.75, 3.05) is 26.9 Å². The molecule has 5 heteroatoms. The quantitative estimate of drug-likeness (QED) is 0.476. The second-order valence-corrected chi connectivity index (χ2v) is 4.45. The summed E-state index contributed by atoms with van der Waals surface area (Å²) in [7, 11) is 1.59. The van der Waals surface area contributed by atoms with E-state index in [4.69, 9.17) is 14.2 Å². The van der Waals surface area contributed by atoms with Crippen molar-refractivity contribution in [1.82, 2.24) is 0 Å². The molecule has 0 spiro atoms. The Balaban J connectivity index is 5.26. The topological polar surface area (TPSA) is 61.8 Å². The normalized spacial score (nSPS) is 12.9. The van der Waals surface area contributed by atoms with Gasteiger partial charge >= 0.3 is 11.9 Å². The van der Waals surface area contributed by atoms with E-state index in [-0.39, 0.29) is 19.1 Å². The maximum atomic E-state index is 12.3. The zero-order valence-electron chi connectivity index (χ0n) is 12.7. The van der Waals surface area contributed by atoms with E-state index in [1.165, 1.54) is 0 Å². The average molecular weight is 274 g/mol. The van der Waals surface area contributed by atoms with Crippen molar-refractivity contribution in [3.8, 4) is 0 Å². The molecule has 0 saturated heterocycles. The second kappa shape index (κ2) is 8.91. The highest BCUT2D eigenvalue weighted by molar-refractivity contribution is 6.00. The Hall–Kier alpha value is -1.10. The van der Waals surface area contributed by atoms with Crippen molar-refractivity contribution >= 4 is 11.9 Å². The first-order chi connectivity index (χ1) is 9.00. The van der Waals surface area contributed by atoms with E-state index in [9.17, 15) is 9.59 Å². The van der Waals surface area contributed by atoms with E-state index in [1.807, 2.05) is 6.92 Å². The van der Waals surface area contributed by atoms with Crippen LogP contribution < -0.4 is 0 Å². The van der Waals surface area contributed by atoms with Gasteiger partial charge < -0.3 is 14.2 Å². The summed E-state index contributed by atoms with van der Waals surface area (Å²) in [5.74, 6) is -1.20. The molecule has 0 fully saturated rings. The van der Waals surface area contributed by atoms with Gasteiger partial charge in [-0.15, -0.1) is 0 Å². The van der Waals surface area contributed by atoms with Crippen LogP contribution in [0.3, 0.4) is 0 Å². The van der Waals surface area contributed by atoms with Crippen LogP contribution in [0.4, 0.5) is 0 Å². The van der Waals surface area contributed by atoms with Crippen LogP contribution in [-0.4, -0.2) is 38.9 Å². The van der Waals surface area contributed by atoms with E-state index in [2.05, 4.69) is 0 Å². The molecule has 0 aromatic carbocycles. The highest BCUT2D eigenvalue weighted by Crippen LogP contribution is 2.37. The summed E-state index contributed by atoms with van der Waals surface area (Å²) in [6.07, 6.45) is 0.956. The molecule has 0 aliphatic rings. The highest BCUT2D eigenvalue weighted by Gasteiger charge is 2.51. The third kappa shape index (κ3) is 4.20. The van der Waals surface area contributed by atoms with E-state index >= 15 is 0 Å². The molecule has 0 rings (SSSR count). The Morgan fingerprint density at radius 2 is 1.53 bits per heavy atom. The Morgan fingerprint density at radius 3 is 1.84 bits per heavy atom. The lowest BCUT2D eigenvalue weighted by Crippen LogP contribution is -2.47. The summed E-state index contributed by atoms with van der Waals surface area (Å²) in [6, 6.07) is 0. The SMILES string of the molecule is CCOC(=O)C(CC)(C(=O)OCC)C(C)CCOC. The summed E-state index contributed by atoms with van der Waals surface area (Å²) >= 11 is 0. The first-order valence-corrected chi connectivity index (χ1v) is 6.84. The Kier molecular flexibility index (Phi) is 8.39. The number of rotatable bonds is 9. The minimum Gasteiger partial charge on any atom is -0.465 e. The number of ether oxygens (including phenoxy) is 3. The third-order valence-corrected chi connectivity index (χ3v) is 3.43.